The van der Waals surface area contributed by atoms with Crippen LogP contribution in [0, 0.1) is 11.3 Å². The van der Waals surface area contributed by atoms with Crippen LogP contribution in [-0.4, -0.2) is 11.8 Å². The van der Waals surface area contributed by atoms with Gasteiger partial charge in [-0.05, 0) is 24.1 Å². The zero-order valence-corrected chi connectivity index (χ0v) is 8.73. The molecule has 15 heavy (non-hydrogen) atoms. The number of hydrogen-bond acceptors (Lipinski definition) is 3. The Morgan fingerprint density at radius 1 is 1.47 bits per heavy atom. The second kappa shape index (κ2) is 5.28. The Morgan fingerprint density at radius 2 is 2.07 bits per heavy atom. The number of nitriles is 1. The summed E-state index contributed by atoms with van der Waals surface area (Å²) in [6.45, 7) is 1.81. The van der Waals surface area contributed by atoms with Gasteiger partial charge in [0.15, 0.2) is 0 Å². The molecule has 0 bridgehead atoms. The van der Waals surface area contributed by atoms with Crippen LogP contribution in [0.2, 0.25) is 0 Å². The zero-order chi connectivity index (χ0) is 11.3. The van der Waals surface area contributed by atoms with Gasteiger partial charge >= 0.3 is 0 Å². The summed E-state index contributed by atoms with van der Waals surface area (Å²) >= 11 is 0. The van der Waals surface area contributed by atoms with Crippen molar-refractivity contribution >= 4 is 5.78 Å². The second-order valence-corrected chi connectivity index (χ2v) is 3.44. The summed E-state index contributed by atoms with van der Waals surface area (Å²) < 4.78 is 0. The number of ketones is 1. The fourth-order valence-electron chi connectivity index (χ4n) is 1.35. The minimum Gasteiger partial charge on any atom is -0.321 e. The Bertz CT molecular complexity index is 376. The second-order valence-electron chi connectivity index (χ2n) is 3.44. The van der Waals surface area contributed by atoms with Gasteiger partial charge in [0.2, 0.25) is 0 Å². The molecule has 1 atom stereocenters. The van der Waals surface area contributed by atoms with E-state index in [4.69, 9.17) is 11.0 Å². The summed E-state index contributed by atoms with van der Waals surface area (Å²) in [6.07, 6.45) is 1.01. The molecule has 1 aromatic carbocycles. The third kappa shape index (κ3) is 3.19. The molecule has 1 rings (SSSR count). The van der Waals surface area contributed by atoms with Crippen LogP contribution in [0.15, 0.2) is 24.3 Å². The number of hydrogen-bond donors (Lipinski definition) is 1. The van der Waals surface area contributed by atoms with Crippen LogP contribution >= 0.6 is 0 Å². The minimum atomic E-state index is -0.428. The van der Waals surface area contributed by atoms with Gasteiger partial charge in [0.1, 0.15) is 5.78 Å². The summed E-state index contributed by atoms with van der Waals surface area (Å²) in [4.78, 5) is 11.3. The van der Waals surface area contributed by atoms with Crippen LogP contribution in [0.25, 0.3) is 0 Å². The number of carbonyl (C=O) groups is 1. The molecule has 0 aliphatic heterocycles. The van der Waals surface area contributed by atoms with Gasteiger partial charge in [0.25, 0.3) is 0 Å². The van der Waals surface area contributed by atoms with E-state index < -0.39 is 6.04 Å². The van der Waals surface area contributed by atoms with Crippen molar-refractivity contribution in [2.24, 2.45) is 5.73 Å². The number of nitrogens with zero attached hydrogens (tertiary/aromatic N) is 1. The van der Waals surface area contributed by atoms with E-state index in [1.54, 1.807) is 19.1 Å². The molecule has 1 aromatic rings. The predicted octanol–water partition coefficient (Wildman–Crippen LogP) is 1.41. The molecule has 0 saturated carbocycles. The van der Waals surface area contributed by atoms with Crippen molar-refractivity contribution in [2.45, 2.75) is 25.8 Å². The van der Waals surface area contributed by atoms with Gasteiger partial charge in [-0.2, -0.15) is 5.26 Å². The standard InChI is InChI=1S/C12H14N2O/c1-2-12(15)11(14)7-9-3-5-10(8-13)6-4-9/h3-6,11H,2,7,14H2,1H3/t11-/m1/s1. The molecule has 2 N–H and O–H groups in total. The topological polar surface area (TPSA) is 66.9 Å². The zero-order valence-electron chi connectivity index (χ0n) is 8.73. The lowest BCUT2D eigenvalue weighted by Gasteiger charge is -2.08. The molecular weight excluding hydrogens is 188 g/mol. The van der Waals surface area contributed by atoms with E-state index in [0.29, 0.717) is 18.4 Å². The maximum absolute atomic E-state index is 11.3. The van der Waals surface area contributed by atoms with E-state index in [9.17, 15) is 4.79 Å². The van der Waals surface area contributed by atoms with Gasteiger partial charge in [0, 0.05) is 6.42 Å². The third-order valence-electron chi connectivity index (χ3n) is 2.30. The van der Waals surface area contributed by atoms with E-state index in [1.807, 2.05) is 18.2 Å². The molecule has 0 aliphatic rings. The van der Waals surface area contributed by atoms with Crippen molar-refractivity contribution in [3.8, 4) is 6.07 Å². The normalized spacial score (nSPS) is 11.8. The lowest BCUT2D eigenvalue weighted by molar-refractivity contribution is -0.119. The lowest BCUT2D eigenvalue weighted by Crippen LogP contribution is -2.32. The van der Waals surface area contributed by atoms with Crippen molar-refractivity contribution in [1.29, 1.82) is 5.26 Å². The van der Waals surface area contributed by atoms with Crippen molar-refractivity contribution < 1.29 is 4.79 Å². The van der Waals surface area contributed by atoms with Crippen molar-refractivity contribution in [1.82, 2.24) is 0 Å². The molecule has 78 valence electrons. The molecule has 0 fully saturated rings. The van der Waals surface area contributed by atoms with Crippen LogP contribution < -0.4 is 5.73 Å². The molecule has 0 radical (unpaired) electrons. The van der Waals surface area contributed by atoms with E-state index in [2.05, 4.69) is 0 Å². The van der Waals surface area contributed by atoms with Crippen molar-refractivity contribution in [2.75, 3.05) is 0 Å². The molecule has 0 aliphatic carbocycles. The Kier molecular flexibility index (Phi) is 4.02. The molecule has 0 heterocycles. The van der Waals surface area contributed by atoms with Crippen molar-refractivity contribution in [3.63, 3.8) is 0 Å². The minimum absolute atomic E-state index is 0.0689. The largest absolute Gasteiger partial charge is 0.321 e. The molecule has 0 amide bonds. The predicted molar refractivity (Wildman–Crippen MR) is 58.1 cm³/mol. The molecule has 0 unspecified atom stereocenters. The fourth-order valence-corrected chi connectivity index (χ4v) is 1.35. The summed E-state index contributed by atoms with van der Waals surface area (Å²) in [5, 5.41) is 8.61. The molecule has 0 aromatic heterocycles. The number of carbonyl (C=O) groups excluding carboxylic acids is 1. The maximum atomic E-state index is 11.3. The van der Waals surface area contributed by atoms with Gasteiger partial charge in [0.05, 0.1) is 17.7 Å². The monoisotopic (exact) mass is 202 g/mol. The highest BCUT2D eigenvalue weighted by Gasteiger charge is 2.11. The Balaban J connectivity index is 2.66. The number of rotatable bonds is 4. The highest BCUT2D eigenvalue weighted by molar-refractivity contribution is 5.83. The molecule has 3 heteroatoms. The summed E-state index contributed by atoms with van der Waals surface area (Å²) in [5.41, 5.74) is 7.32. The highest BCUT2D eigenvalue weighted by Crippen LogP contribution is 2.06. The van der Waals surface area contributed by atoms with E-state index in [1.165, 1.54) is 0 Å². The Hall–Kier alpha value is -1.66. The average Bonchev–Trinajstić information content (AvgIpc) is 2.29. The first-order valence-electron chi connectivity index (χ1n) is 4.94. The van der Waals surface area contributed by atoms with Crippen molar-refractivity contribution in [3.05, 3.63) is 35.4 Å². The van der Waals surface area contributed by atoms with Gasteiger partial charge in [-0.25, -0.2) is 0 Å². The highest BCUT2D eigenvalue weighted by atomic mass is 16.1. The fraction of sp³-hybridized carbons (Fsp3) is 0.333. The van der Waals surface area contributed by atoms with Gasteiger partial charge in [-0.1, -0.05) is 19.1 Å². The van der Waals surface area contributed by atoms with Crippen LogP contribution in [0.5, 0.6) is 0 Å². The lowest BCUT2D eigenvalue weighted by atomic mass is 10.0. The number of Topliss-reactive ketones (excluding diaryl/α,β-unsaturated/α-hetero) is 1. The smallest absolute Gasteiger partial charge is 0.149 e. The number of benzene rings is 1. The quantitative estimate of drug-likeness (QED) is 0.802. The molecule has 0 saturated heterocycles. The molecular formula is C12H14N2O. The first kappa shape index (κ1) is 11.4. The first-order valence-corrected chi connectivity index (χ1v) is 4.94. The van der Waals surface area contributed by atoms with E-state index in [-0.39, 0.29) is 5.78 Å². The van der Waals surface area contributed by atoms with Gasteiger partial charge in [-0.3, -0.25) is 4.79 Å². The molecule has 3 nitrogen and oxygen atoms in total. The Morgan fingerprint density at radius 3 is 2.53 bits per heavy atom. The van der Waals surface area contributed by atoms with Crippen LogP contribution in [0.4, 0.5) is 0 Å². The van der Waals surface area contributed by atoms with E-state index in [0.717, 1.165) is 5.56 Å². The first-order chi connectivity index (χ1) is 7.17. The van der Waals surface area contributed by atoms with Gasteiger partial charge in [-0.15, -0.1) is 0 Å². The molecule has 0 spiro atoms. The van der Waals surface area contributed by atoms with Crippen LogP contribution in [0.3, 0.4) is 0 Å². The van der Waals surface area contributed by atoms with Gasteiger partial charge < -0.3 is 5.73 Å². The van der Waals surface area contributed by atoms with Crippen LogP contribution in [-0.2, 0) is 11.2 Å². The number of nitrogens with two attached hydrogens (primary N) is 1. The Labute approximate surface area is 89.5 Å². The summed E-state index contributed by atoms with van der Waals surface area (Å²) in [7, 11) is 0. The third-order valence-corrected chi connectivity index (χ3v) is 2.30. The van der Waals surface area contributed by atoms with E-state index >= 15 is 0 Å². The summed E-state index contributed by atoms with van der Waals surface area (Å²) in [6, 6.07) is 8.75. The SMILES string of the molecule is CCC(=O)[C@H](N)Cc1ccc(C#N)cc1. The summed E-state index contributed by atoms with van der Waals surface area (Å²) in [5.74, 6) is 0.0689. The average molecular weight is 202 g/mol. The van der Waals surface area contributed by atoms with Crippen LogP contribution in [0.1, 0.15) is 24.5 Å². The maximum Gasteiger partial charge on any atom is 0.149 e.